The number of rotatable bonds is 42. The highest BCUT2D eigenvalue weighted by Gasteiger charge is 2.48. The molecule has 17 heteroatoms. The molecular weight excluding hydrogens is 716 g/mol. The first kappa shape index (κ1) is 52.6. The van der Waals surface area contributed by atoms with Gasteiger partial charge in [-0.2, -0.15) is 0 Å². The van der Waals surface area contributed by atoms with E-state index < -0.39 is 21.3 Å². The SMILES string of the molecule is CC(O)COCC(C)OCC(C)O[Si](OCCCOCCCOCCCO)(OCCCOC(C)COCCCO)OCC(C)OC(C)COCCCO. The van der Waals surface area contributed by atoms with Gasteiger partial charge in [-0.1, -0.05) is 0 Å². The molecule has 0 aromatic rings. The third kappa shape index (κ3) is 34.5. The number of hydrogen-bond acceptors (Lipinski definition) is 16. The van der Waals surface area contributed by atoms with Crippen molar-refractivity contribution in [1.82, 2.24) is 0 Å². The van der Waals surface area contributed by atoms with Crippen LogP contribution in [0.1, 0.15) is 80.1 Å². The summed E-state index contributed by atoms with van der Waals surface area (Å²) in [6.45, 7) is 17.1. The lowest BCUT2D eigenvalue weighted by molar-refractivity contribution is -0.109. The third-order valence-corrected chi connectivity index (χ3v) is 9.26. The Morgan fingerprint density at radius 3 is 1.42 bits per heavy atom. The topological polar surface area (TPSA) is 192 Å². The highest BCUT2D eigenvalue weighted by molar-refractivity contribution is 6.53. The van der Waals surface area contributed by atoms with Crippen molar-refractivity contribution in [2.75, 3.05) is 119 Å². The average molecular weight is 793 g/mol. The molecule has 0 aromatic carbocycles. The van der Waals surface area contributed by atoms with Crippen LogP contribution in [0.25, 0.3) is 0 Å². The van der Waals surface area contributed by atoms with Crippen molar-refractivity contribution >= 4 is 9.05 Å². The Balaban J connectivity index is 5.46. The maximum absolute atomic E-state index is 9.48. The molecule has 4 N–H and O–H groups in total. The molecule has 53 heavy (non-hydrogen) atoms. The molecule has 0 bridgehead atoms. The monoisotopic (exact) mass is 792 g/mol. The first-order valence-electron chi connectivity index (χ1n) is 19.4. The van der Waals surface area contributed by atoms with Gasteiger partial charge in [-0.25, -0.2) is 0 Å². The van der Waals surface area contributed by atoms with Crippen LogP contribution in [0.4, 0.5) is 0 Å². The molecule has 7 atom stereocenters. The van der Waals surface area contributed by atoms with Gasteiger partial charge in [0.2, 0.25) is 0 Å². The second-order valence-corrected chi connectivity index (χ2v) is 15.2. The van der Waals surface area contributed by atoms with Crippen LogP contribution in [-0.4, -0.2) is 185 Å². The Morgan fingerprint density at radius 1 is 0.396 bits per heavy atom. The molecule has 0 aliphatic heterocycles. The van der Waals surface area contributed by atoms with E-state index in [0.29, 0.717) is 98.2 Å². The van der Waals surface area contributed by atoms with Crippen LogP contribution in [-0.2, 0) is 55.6 Å². The van der Waals surface area contributed by atoms with Crippen molar-refractivity contribution in [3.63, 3.8) is 0 Å². The molecule has 0 fully saturated rings. The Morgan fingerprint density at radius 2 is 0.849 bits per heavy atom. The maximum Gasteiger partial charge on any atom is 0.680 e. The molecule has 7 unspecified atom stereocenters. The highest BCUT2D eigenvalue weighted by atomic mass is 28.4. The van der Waals surface area contributed by atoms with Crippen molar-refractivity contribution in [2.45, 2.75) is 117 Å². The van der Waals surface area contributed by atoms with E-state index >= 15 is 0 Å². The molecule has 16 nitrogen and oxygen atoms in total. The molecule has 0 radical (unpaired) electrons. The molecule has 0 rings (SSSR count). The number of hydrogen-bond donors (Lipinski definition) is 4. The van der Waals surface area contributed by atoms with Gasteiger partial charge in [-0.15, -0.1) is 0 Å². The van der Waals surface area contributed by atoms with E-state index in [1.807, 2.05) is 34.6 Å². The van der Waals surface area contributed by atoms with Crippen molar-refractivity contribution in [3.8, 4) is 0 Å². The van der Waals surface area contributed by atoms with Crippen molar-refractivity contribution in [2.24, 2.45) is 0 Å². The molecule has 0 aliphatic rings. The van der Waals surface area contributed by atoms with Gasteiger partial charge in [0.25, 0.3) is 0 Å². The summed E-state index contributed by atoms with van der Waals surface area (Å²) in [5.41, 5.74) is 0. The summed E-state index contributed by atoms with van der Waals surface area (Å²) in [7, 11) is -3.81. The van der Waals surface area contributed by atoms with Crippen molar-refractivity contribution in [3.05, 3.63) is 0 Å². The van der Waals surface area contributed by atoms with Gasteiger partial charge < -0.3 is 76.0 Å². The molecular formula is C36H76O16Si. The molecule has 320 valence electrons. The molecule has 0 saturated heterocycles. The molecule has 0 heterocycles. The van der Waals surface area contributed by atoms with E-state index in [2.05, 4.69) is 0 Å². The Bertz CT molecular complexity index is 760. The fourth-order valence-corrected chi connectivity index (χ4v) is 6.61. The minimum atomic E-state index is -3.81. The second kappa shape index (κ2) is 37.2. The van der Waals surface area contributed by atoms with Gasteiger partial charge in [-0.3, -0.25) is 0 Å². The first-order valence-corrected chi connectivity index (χ1v) is 21.1. The Kier molecular flexibility index (Phi) is 36.9. The number of ether oxygens (including phenoxy) is 8. The minimum Gasteiger partial charge on any atom is -0.396 e. The van der Waals surface area contributed by atoms with Gasteiger partial charge in [0.05, 0.1) is 76.3 Å². The van der Waals surface area contributed by atoms with Gasteiger partial charge >= 0.3 is 9.05 Å². The van der Waals surface area contributed by atoms with Gasteiger partial charge in [0.15, 0.2) is 0 Å². The van der Waals surface area contributed by atoms with E-state index in [-0.39, 0.29) is 77.3 Å². The number of aliphatic hydroxyl groups is 4. The van der Waals surface area contributed by atoms with Crippen LogP contribution in [0.15, 0.2) is 0 Å². The summed E-state index contributed by atoms with van der Waals surface area (Å²) in [6.07, 6.45) is 1.70. The van der Waals surface area contributed by atoms with E-state index in [0.717, 1.165) is 6.42 Å². The summed E-state index contributed by atoms with van der Waals surface area (Å²) in [5, 5.41) is 36.3. The lowest BCUT2D eigenvalue weighted by Crippen LogP contribution is -2.53. The fourth-order valence-electron chi connectivity index (χ4n) is 4.37. The summed E-state index contributed by atoms with van der Waals surface area (Å²) in [6, 6.07) is 0. The zero-order chi connectivity index (χ0) is 39.4. The molecule has 0 spiro atoms. The summed E-state index contributed by atoms with van der Waals surface area (Å²) >= 11 is 0. The van der Waals surface area contributed by atoms with Gasteiger partial charge in [0, 0.05) is 79.3 Å². The van der Waals surface area contributed by atoms with Crippen molar-refractivity contribution in [1.29, 1.82) is 0 Å². The van der Waals surface area contributed by atoms with Gasteiger partial charge in [-0.05, 0) is 80.1 Å². The second-order valence-electron chi connectivity index (χ2n) is 13.1. The lowest BCUT2D eigenvalue weighted by Gasteiger charge is -2.32. The fraction of sp³-hybridized carbons (Fsp3) is 1.00. The predicted molar refractivity (Wildman–Crippen MR) is 200 cm³/mol. The average Bonchev–Trinajstić information content (AvgIpc) is 3.12. The van der Waals surface area contributed by atoms with Crippen LogP contribution in [0.3, 0.4) is 0 Å². The smallest absolute Gasteiger partial charge is 0.396 e. The normalized spacial score (nSPS) is 16.6. The molecule has 0 aromatic heterocycles. The predicted octanol–water partition coefficient (Wildman–Crippen LogP) is 2.26. The largest absolute Gasteiger partial charge is 0.680 e. The number of aliphatic hydroxyl groups excluding tert-OH is 4. The Hall–Kier alpha value is -0.423. The summed E-state index contributed by atoms with van der Waals surface area (Å²) in [5.74, 6) is 0. The molecule has 0 amide bonds. The maximum atomic E-state index is 9.48. The minimum absolute atomic E-state index is 0.0730. The van der Waals surface area contributed by atoms with Crippen LogP contribution in [0, 0.1) is 0 Å². The van der Waals surface area contributed by atoms with Crippen LogP contribution >= 0.6 is 0 Å². The van der Waals surface area contributed by atoms with E-state index in [1.165, 1.54) is 0 Å². The summed E-state index contributed by atoms with van der Waals surface area (Å²) in [4.78, 5) is 0. The van der Waals surface area contributed by atoms with Crippen LogP contribution < -0.4 is 0 Å². The zero-order valence-electron chi connectivity index (χ0n) is 33.6. The molecule has 0 saturated carbocycles. The van der Waals surface area contributed by atoms with Crippen LogP contribution in [0.5, 0.6) is 0 Å². The highest BCUT2D eigenvalue weighted by Crippen LogP contribution is 2.18. The summed E-state index contributed by atoms with van der Waals surface area (Å²) < 4.78 is 71.4. The standard InChI is InChI=1S/C36H76O16Si/c1-31(40)25-45-27-33(3)47-29-36(6)52-53(48-23-11-21-42-20-10-19-41-16-7-13-37,49-24-12-22-46-32(2)26-43-17-8-14-38)50-30-35(5)51-34(4)28-44-18-9-15-39/h31-40H,7-30H2,1-6H3. The lowest BCUT2D eigenvalue weighted by atomic mass is 10.4. The first-order chi connectivity index (χ1) is 25.6. The third-order valence-electron chi connectivity index (χ3n) is 6.94. The zero-order valence-corrected chi connectivity index (χ0v) is 34.6. The Labute approximate surface area is 320 Å². The van der Waals surface area contributed by atoms with Crippen molar-refractivity contribution < 1.29 is 76.0 Å². The quantitative estimate of drug-likeness (QED) is 0.0520. The van der Waals surface area contributed by atoms with E-state index in [4.69, 9.17) is 70.9 Å². The van der Waals surface area contributed by atoms with Gasteiger partial charge in [0.1, 0.15) is 0 Å². The molecule has 0 aliphatic carbocycles. The van der Waals surface area contributed by atoms with E-state index in [9.17, 15) is 5.11 Å². The van der Waals surface area contributed by atoms with E-state index in [1.54, 1.807) is 6.92 Å². The van der Waals surface area contributed by atoms with Crippen LogP contribution in [0.2, 0.25) is 0 Å².